The van der Waals surface area contributed by atoms with Gasteiger partial charge in [-0.2, -0.15) is 0 Å². The minimum absolute atomic E-state index is 0.0701. The lowest BCUT2D eigenvalue weighted by Crippen LogP contribution is -2.06. The molecule has 1 aliphatic rings. The first-order valence-corrected chi connectivity index (χ1v) is 8.39. The van der Waals surface area contributed by atoms with Gasteiger partial charge in [-0.05, 0) is 31.0 Å². The Morgan fingerprint density at radius 2 is 1.96 bits per heavy atom. The van der Waals surface area contributed by atoms with Crippen LogP contribution >= 0.6 is 23.2 Å². The van der Waals surface area contributed by atoms with Gasteiger partial charge in [-0.15, -0.1) is 0 Å². The molecular weight excluding hydrogens is 347 g/mol. The van der Waals surface area contributed by atoms with E-state index in [9.17, 15) is 9.90 Å². The summed E-state index contributed by atoms with van der Waals surface area (Å²) in [5, 5.41) is 10.7. The van der Waals surface area contributed by atoms with Crippen molar-refractivity contribution < 1.29 is 9.90 Å². The number of rotatable bonds is 3. The number of pyridine rings is 1. The molecule has 2 heterocycles. The molecule has 0 aliphatic heterocycles. The number of aromatic nitrogens is 2. The number of nitrogens with zero attached hydrogens (tertiary/aromatic N) is 2. The lowest BCUT2D eigenvalue weighted by Gasteiger charge is -2.08. The van der Waals surface area contributed by atoms with Gasteiger partial charge in [-0.25, -0.2) is 0 Å². The molecule has 4 rings (SSSR count). The highest BCUT2D eigenvalue weighted by Crippen LogP contribution is 2.45. The second kappa shape index (κ2) is 5.50. The summed E-state index contributed by atoms with van der Waals surface area (Å²) in [6, 6.07) is 4.78. The normalized spacial score (nSPS) is 14.3. The third-order valence-corrected chi connectivity index (χ3v) is 5.09. The molecule has 0 spiro atoms. The molecule has 24 heavy (non-hydrogen) atoms. The maximum Gasteiger partial charge on any atom is 0.195 e. The zero-order valence-corrected chi connectivity index (χ0v) is 14.4. The number of aromatic hydroxyl groups is 1. The van der Waals surface area contributed by atoms with E-state index in [1.54, 1.807) is 12.4 Å². The number of phenolic OH excluding ortho intramolecular Hbond substituents is 1. The van der Waals surface area contributed by atoms with Crippen LogP contribution in [0.2, 0.25) is 10.0 Å². The SMILES string of the molecule is Cn1c(C2CC2)c(C(=O)c2cc(Cl)c(O)c(Cl)c2)c2ccncc21. The van der Waals surface area contributed by atoms with Crippen LogP contribution in [0.5, 0.6) is 5.75 Å². The molecule has 3 aromatic rings. The van der Waals surface area contributed by atoms with Crippen LogP contribution in [0.4, 0.5) is 0 Å². The van der Waals surface area contributed by atoms with Gasteiger partial charge >= 0.3 is 0 Å². The van der Waals surface area contributed by atoms with E-state index in [0.717, 1.165) is 29.4 Å². The van der Waals surface area contributed by atoms with Crippen molar-refractivity contribution >= 4 is 39.9 Å². The first-order chi connectivity index (χ1) is 11.5. The van der Waals surface area contributed by atoms with Crippen LogP contribution in [-0.4, -0.2) is 20.4 Å². The number of phenols is 1. The minimum Gasteiger partial charge on any atom is -0.505 e. The summed E-state index contributed by atoms with van der Waals surface area (Å²) in [6.07, 6.45) is 5.62. The fourth-order valence-corrected chi connectivity index (χ4v) is 3.70. The average Bonchev–Trinajstić information content (AvgIpc) is 3.36. The van der Waals surface area contributed by atoms with Crippen molar-refractivity contribution in [3.63, 3.8) is 0 Å². The summed E-state index contributed by atoms with van der Waals surface area (Å²) in [4.78, 5) is 17.4. The fraction of sp³-hybridized carbons (Fsp3) is 0.222. The Kier molecular flexibility index (Phi) is 3.55. The van der Waals surface area contributed by atoms with Gasteiger partial charge in [0.1, 0.15) is 0 Å². The second-order valence-corrected chi connectivity index (χ2v) is 6.92. The molecule has 4 nitrogen and oxygen atoms in total. The van der Waals surface area contributed by atoms with Crippen molar-refractivity contribution in [2.24, 2.45) is 7.05 Å². The predicted octanol–water partition coefficient (Wildman–Crippen LogP) is 4.69. The first kappa shape index (κ1) is 15.5. The quantitative estimate of drug-likeness (QED) is 0.689. The molecular formula is C18H14Cl2N2O2. The molecule has 2 aromatic heterocycles. The number of benzene rings is 1. The van der Waals surface area contributed by atoms with Crippen LogP contribution in [0.15, 0.2) is 30.6 Å². The molecule has 122 valence electrons. The predicted molar refractivity (Wildman–Crippen MR) is 94.2 cm³/mol. The smallest absolute Gasteiger partial charge is 0.195 e. The van der Waals surface area contributed by atoms with Crippen LogP contribution in [0.25, 0.3) is 10.9 Å². The molecule has 0 radical (unpaired) electrons. The molecule has 0 amide bonds. The lowest BCUT2D eigenvalue weighted by atomic mass is 9.99. The molecule has 1 aromatic carbocycles. The number of hydrogen-bond donors (Lipinski definition) is 1. The number of halogens is 2. The largest absolute Gasteiger partial charge is 0.505 e. The summed E-state index contributed by atoms with van der Waals surface area (Å²) < 4.78 is 2.05. The Balaban J connectivity index is 1.96. The Labute approximate surface area is 148 Å². The summed E-state index contributed by atoms with van der Waals surface area (Å²) in [6.45, 7) is 0. The van der Waals surface area contributed by atoms with Crippen molar-refractivity contribution in [3.05, 3.63) is 57.5 Å². The van der Waals surface area contributed by atoms with Crippen LogP contribution in [0.1, 0.15) is 40.4 Å². The van der Waals surface area contributed by atoms with Gasteiger partial charge in [0.05, 0.1) is 27.3 Å². The molecule has 1 aliphatic carbocycles. The summed E-state index contributed by atoms with van der Waals surface area (Å²) in [7, 11) is 1.96. The Hall–Kier alpha value is -2.04. The minimum atomic E-state index is -0.209. The zero-order valence-electron chi connectivity index (χ0n) is 12.9. The number of fused-ring (bicyclic) bond motifs is 1. The number of aryl methyl sites for hydroxylation is 1. The van der Waals surface area contributed by atoms with E-state index in [1.807, 2.05) is 13.1 Å². The molecule has 1 N–H and O–H groups in total. The first-order valence-electron chi connectivity index (χ1n) is 7.64. The average molecular weight is 361 g/mol. The van der Waals surface area contributed by atoms with E-state index in [4.69, 9.17) is 23.2 Å². The van der Waals surface area contributed by atoms with Gasteiger partial charge < -0.3 is 9.67 Å². The van der Waals surface area contributed by atoms with Crippen molar-refractivity contribution in [2.75, 3.05) is 0 Å². The standard InChI is InChI=1S/C18H14Cl2N2O2/c1-22-14-8-21-5-4-11(14)15(16(22)9-2-3-9)17(23)10-6-12(19)18(24)13(20)7-10/h4-9,24H,2-3H2,1H3. The molecule has 1 saturated carbocycles. The highest BCUT2D eigenvalue weighted by atomic mass is 35.5. The summed E-state index contributed by atoms with van der Waals surface area (Å²) in [5.41, 5.74) is 3.01. The maximum atomic E-state index is 13.2. The van der Waals surface area contributed by atoms with Gasteiger partial charge in [0, 0.05) is 35.8 Å². The molecule has 0 bridgehead atoms. The summed E-state index contributed by atoms with van der Waals surface area (Å²) >= 11 is 12.0. The Morgan fingerprint density at radius 1 is 1.29 bits per heavy atom. The molecule has 1 fully saturated rings. The Bertz CT molecular complexity index is 967. The van der Waals surface area contributed by atoms with Crippen molar-refractivity contribution in [1.29, 1.82) is 0 Å². The lowest BCUT2D eigenvalue weighted by molar-refractivity contribution is 0.103. The highest BCUT2D eigenvalue weighted by Gasteiger charge is 2.33. The number of carbonyl (C=O) groups excluding carboxylic acids is 1. The van der Waals surface area contributed by atoms with Gasteiger partial charge in [0.25, 0.3) is 0 Å². The monoisotopic (exact) mass is 360 g/mol. The molecule has 6 heteroatoms. The van der Waals surface area contributed by atoms with Crippen molar-refractivity contribution in [2.45, 2.75) is 18.8 Å². The number of hydrogen-bond acceptors (Lipinski definition) is 3. The zero-order chi connectivity index (χ0) is 17.0. The maximum absolute atomic E-state index is 13.2. The van der Waals surface area contributed by atoms with E-state index >= 15 is 0 Å². The van der Waals surface area contributed by atoms with E-state index in [-0.39, 0.29) is 21.6 Å². The van der Waals surface area contributed by atoms with Crippen LogP contribution in [0, 0.1) is 0 Å². The highest BCUT2D eigenvalue weighted by molar-refractivity contribution is 6.38. The van der Waals surface area contributed by atoms with E-state index in [0.29, 0.717) is 17.0 Å². The fourth-order valence-electron chi connectivity index (χ4n) is 3.21. The van der Waals surface area contributed by atoms with Crippen LogP contribution in [0.3, 0.4) is 0 Å². The van der Waals surface area contributed by atoms with Gasteiger partial charge in [-0.3, -0.25) is 9.78 Å². The third-order valence-electron chi connectivity index (χ3n) is 4.52. The topological polar surface area (TPSA) is 55.1 Å². The van der Waals surface area contributed by atoms with E-state index in [1.165, 1.54) is 12.1 Å². The van der Waals surface area contributed by atoms with E-state index < -0.39 is 0 Å². The molecule has 0 saturated heterocycles. The number of carbonyl (C=O) groups is 1. The van der Waals surface area contributed by atoms with Crippen LogP contribution in [-0.2, 0) is 7.05 Å². The van der Waals surface area contributed by atoms with Gasteiger partial charge in [0.15, 0.2) is 11.5 Å². The summed E-state index contributed by atoms with van der Waals surface area (Å²) in [5.74, 6) is 0.0429. The molecule has 0 unspecified atom stereocenters. The van der Waals surface area contributed by atoms with E-state index in [2.05, 4.69) is 9.55 Å². The molecule has 0 atom stereocenters. The van der Waals surface area contributed by atoms with Gasteiger partial charge in [-0.1, -0.05) is 23.2 Å². The Morgan fingerprint density at radius 3 is 2.58 bits per heavy atom. The van der Waals surface area contributed by atoms with Crippen molar-refractivity contribution in [1.82, 2.24) is 9.55 Å². The second-order valence-electron chi connectivity index (χ2n) is 6.10. The van der Waals surface area contributed by atoms with Crippen molar-refractivity contribution in [3.8, 4) is 5.75 Å². The van der Waals surface area contributed by atoms with Crippen LogP contribution < -0.4 is 0 Å². The van der Waals surface area contributed by atoms with Gasteiger partial charge in [0.2, 0.25) is 0 Å². The number of ketones is 1. The third kappa shape index (κ3) is 2.29.